The minimum atomic E-state index is 0.177. The number of anilines is 1. The lowest BCUT2D eigenvalue weighted by Crippen LogP contribution is -2.08. The van der Waals surface area contributed by atoms with Crippen LogP contribution in [0.25, 0.3) is 21.7 Å². The van der Waals surface area contributed by atoms with Crippen LogP contribution in [0.15, 0.2) is 24.4 Å². The van der Waals surface area contributed by atoms with Gasteiger partial charge in [0.2, 0.25) is 0 Å². The third kappa shape index (κ3) is 2.87. The fourth-order valence-corrected chi connectivity index (χ4v) is 4.44. The molecule has 0 aliphatic heterocycles. The second kappa shape index (κ2) is 6.83. The first-order chi connectivity index (χ1) is 11.9. The van der Waals surface area contributed by atoms with E-state index in [1.165, 1.54) is 28.7 Å². The fraction of sp³-hybridized carbons (Fsp3) is 0.389. The summed E-state index contributed by atoms with van der Waals surface area (Å²) in [6, 6.07) is 5.78. The number of fused-ring (bicyclic) bond motifs is 3. The molecular formula is C18H20N4OS. The van der Waals surface area contributed by atoms with E-state index in [0.717, 1.165) is 29.2 Å². The third-order valence-corrected chi connectivity index (χ3v) is 5.52. The molecule has 0 unspecified atom stereocenters. The maximum absolute atomic E-state index is 9.06. The molecule has 5 nitrogen and oxygen atoms in total. The number of nitrogens with one attached hydrogen (secondary N) is 1. The number of hydrogen-bond donors (Lipinski definition) is 2. The van der Waals surface area contributed by atoms with Crippen molar-refractivity contribution in [2.24, 2.45) is 0 Å². The molecule has 0 radical (unpaired) electrons. The van der Waals surface area contributed by atoms with Crippen molar-refractivity contribution in [1.82, 2.24) is 15.0 Å². The van der Waals surface area contributed by atoms with E-state index in [1.807, 2.05) is 18.2 Å². The lowest BCUT2D eigenvalue weighted by molar-refractivity contribution is 0.292. The molecule has 3 aromatic rings. The second-order valence-electron chi connectivity index (χ2n) is 6.01. The van der Waals surface area contributed by atoms with Gasteiger partial charge in [0, 0.05) is 24.2 Å². The van der Waals surface area contributed by atoms with Crippen LogP contribution in [0.2, 0.25) is 0 Å². The van der Waals surface area contributed by atoms with Crippen molar-refractivity contribution in [3.05, 3.63) is 34.8 Å². The van der Waals surface area contributed by atoms with Crippen LogP contribution in [0.5, 0.6) is 0 Å². The van der Waals surface area contributed by atoms with Gasteiger partial charge in [-0.05, 0) is 49.8 Å². The zero-order valence-electron chi connectivity index (χ0n) is 13.5. The van der Waals surface area contributed by atoms with E-state index in [1.54, 1.807) is 17.5 Å². The van der Waals surface area contributed by atoms with E-state index in [4.69, 9.17) is 15.1 Å². The van der Waals surface area contributed by atoms with E-state index in [9.17, 15) is 0 Å². The first kappa shape index (κ1) is 15.5. The number of hydrogen-bond acceptors (Lipinski definition) is 6. The van der Waals surface area contributed by atoms with Crippen LogP contribution in [0.1, 0.15) is 29.7 Å². The van der Waals surface area contributed by atoms with Crippen LogP contribution in [0.3, 0.4) is 0 Å². The quantitative estimate of drug-likeness (QED) is 0.696. The van der Waals surface area contributed by atoms with E-state index >= 15 is 0 Å². The maximum Gasteiger partial charge on any atom is 0.181 e. The van der Waals surface area contributed by atoms with Gasteiger partial charge < -0.3 is 10.4 Å². The topological polar surface area (TPSA) is 70.9 Å². The van der Waals surface area contributed by atoms with Gasteiger partial charge in [-0.15, -0.1) is 11.3 Å². The van der Waals surface area contributed by atoms with Crippen LogP contribution in [0, 0.1) is 0 Å². The Morgan fingerprint density at radius 2 is 2.08 bits per heavy atom. The summed E-state index contributed by atoms with van der Waals surface area (Å²) in [4.78, 5) is 16.4. The number of nitrogens with zero attached hydrogens (tertiary/aromatic N) is 3. The van der Waals surface area contributed by atoms with Crippen molar-refractivity contribution < 1.29 is 5.11 Å². The van der Waals surface area contributed by atoms with Crippen LogP contribution >= 0.6 is 11.3 Å². The first-order valence-corrected chi connectivity index (χ1v) is 9.27. The SMILES string of the molecule is OCCCNc1nc(-c2ccccn2)nc2sc3c(c12)CCCC3. The predicted molar refractivity (Wildman–Crippen MR) is 97.5 cm³/mol. The second-order valence-corrected chi connectivity index (χ2v) is 7.09. The summed E-state index contributed by atoms with van der Waals surface area (Å²) in [6.45, 7) is 0.880. The summed E-state index contributed by atoms with van der Waals surface area (Å²) in [7, 11) is 0. The molecule has 4 rings (SSSR count). The smallest absolute Gasteiger partial charge is 0.181 e. The lowest BCUT2D eigenvalue weighted by atomic mass is 9.97. The highest BCUT2D eigenvalue weighted by molar-refractivity contribution is 7.19. The summed E-state index contributed by atoms with van der Waals surface area (Å²) >= 11 is 1.79. The van der Waals surface area contributed by atoms with Crippen LogP contribution in [-0.4, -0.2) is 33.2 Å². The molecular weight excluding hydrogens is 320 g/mol. The third-order valence-electron chi connectivity index (χ3n) is 4.34. The van der Waals surface area contributed by atoms with E-state index in [2.05, 4.69) is 10.3 Å². The van der Waals surface area contributed by atoms with Gasteiger partial charge in [-0.3, -0.25) is 4.98 Å². The van der Waals surface area contributed by atoms with Gasteiger partial charge in [0.05, 0.1) is 5.39 Å². The van der Waals surface area contributed by atoms with Crippen molar-refractivity contribution in [2.45, 2.75) is 32.1 Å². The molecule has 24 heavy (non-hydrogen) atoms. The van der Waals surface area contributed by atoms with Crippen molar-refractivity contribution in [3.63, 3.8) is 0 Å². The molecule has 0 amide bonds. The standard InChI is InChI=1S/C18H20N4OS/c23-11-5-10-20-17-15-12-6-1-2-8-14(12)24-18(15)22-16(21-17)13-7-3-4-9-19-13/h3-4,7,9,23H,1-2,5-6,8,10-11H2,(H,20,21,22). The normalized spacial score (nSPS) is 13.9. The molecule has 0 aromatic carbocycles. The molecule has 0 saturated heterocycles. The van der Waals surface area contributed by atoms with Gasteiger partial charge in [0.1, 0.15) is 16.3 Å². The highest BCUT2D eigenvalue weighted by atomic mass is 32.1. The highest BCUT2D eigenvalue weighted by Gasteiger charge is 2.21. The predicted octanol–water partition coefficient (Wildman–Crippen LogP) is 3.43. The van der Waals surface area contributed by atoms with Crippen molar-refractivity contribution >= 4 is 27.4 Å². The Balaban J connectivity index is 1.85. The molecule has 124 valence electrons. The Hall–Kier alpha value is -2.05. The number of pyridine rings is 1. The van der Waals surface area contributed by atoms with Gasteiger partial charge in [-0.2, -0.15) is 0 Å². The molecule has 6 heteroatoms. The molecule has 0 spiro atoms. The molecule has 3 aromatic heterocycles. The monoisotopic (exact) mass is 340 g/mol. The highest BCUT2D eigenvalue weighted by Crippen LogP contribution is 2.39. The van der Waals surface area contributed by atoms with Crippen LogP contribution in [0.4, 0.5) is 5.82 Å². The van der Waals surface area contributed by atoms with Crippen molar-refractivity contribution in [3.8, 4) is 11.5 Å². The van der Waals surface area contributed by atoms with Gasteiger partial charge in [0.25, 0.3) is 0 Å². The summed E-state index contributed by atoms with van der Waals surface area (Å²) < 4.78 is 0. The molecule has 1 aliphatic carbocycles. The molecule has 0 fully saturated rings. The number of aryl methyl sites for hydroxylation is 2. The Bertz CT molecular complexity index is 847. The Kier molecular flexibility index (Phi) is 4.40. The lowest BCUT2D eigenvalue weighted by Gasteiger charge is -2.13. The van der Waals surface area contributed by atoms with Crippen LogP contribution < -0.4 is 5.32 Å². The van der Waals surface area contributed by atoms with Gasteiger partial charge in [-0.25, -0.2) is 9.97 Å². The number of rotatable bonds is 5. The molecule has 2 N–H and O–H groups in total. The number of aromatic nitrogens is 3. The average Bonchev–Trinajstić information content (AvgIpc) is 3.01. The van der Waals surface area contributed by atoms with Crippen molar-refractivity contribution in [1.29, 1.82) is 0 Å². The van der Waals surface area contributed by atoms with Gasteiger partial charge in [0.15, 0.2) is 5.82 Å². The average molecular weight is 340 g/mol. The molecule has 1 aliphatic rings. The summed E-state index contributed by atoms with van der Waals surface area (Å²) in [5, 5.41) is 13.6. The number of aliphatic hydroxyl groups is 1. The summed E-state index contributed by atoms with van der Waals surface area (Å²) in [5.74, 6) is 1.54. The first-order valence-electron chi connectivity index (χ1n) is 8.45. The number of aliphatic hydroxyl groups excluding tert-OH is 1. The summed E-state index contributed by atoms with van der Waals surface area (Å²) in [5.41, 5.74) is 2.20. The Morgan fingerprint density at radius 1 is 1.17 bits per heavy atom. The van der Waals surface area contributed by atoms with Gasteiger partial charge in [-0.1, -0.05) is 6.07 Å². The Morgan fingerprint density at radius 3 is 2.92 bits per heavy atom. The zero-order valence-corrected chi connectivity index (χ0v) is 14.3. The van der Waals surface area contributed by atoms with Crippen molar-refractivity contribution in [2.75, 3.05) is 18.5 Å². The minimum Gasteiger partial charge on any atom is -0.396 e. The number of thiophene rings is 1. The molecule has 0 bridgehead atoms. The molecule has 0 atom stereocenters. The molecule has 0 saturated carbocycles. The Labute approximate surface area is 144 Å². The van der Waals surface area contributed by atoms with E-state index in [-0.39, 0.29) is 6.61 Å². The van der Waals surface area contributed by atoms with E-state index in [0.29, 0.717) is 18.8 Å². The zero-order chi connectivity index (χ0) is 16.4. The molecule has 3 heterocycles. The largest absolute Gasteiger partial charge is 0.396 e. The minimum absolute atomic E-state index is 0.177. The van der Waals surface area contributed by atoms with E-state index < -0.39 is 0 Å². The fourth-order valence-electron chi connectivity index (χ4n) is 3.18. The maximum atomic E-state index is 9.06. The van der Waals surface area contributed by atoms with Crippen LogP contribution in [-0.2, 0) is 12.8 Å². The summed E-state index contributed by atoms with van der Waals surface area (Å²) in [6.07, 6.45) is 7.21. The van der Waals surface area contributed by atoms with Gasteiger partial charge >= 0.3 is 0 Å².